The molecule has 0 aliphatic carbocycles. The molecule has 0 bridgehead atoms. The first kappa shape index (κ1) is 19.2. The van der Waals surface area contributed by atoms with Crippen LogP contribution < -0.4 is 5.32 Å². The Labute approximate surface area is 164 Å². The highest BCUT2D eigenvalue weighted by atomic mass is 32.2. The van der Waals surface area contributed by atoms with Gasteiger partial charge in [-0.1, -0.05) is 72.4 Å². The van der Waals surface area contributed by atoms with Crippen molar-refractivity contribution in [3.05, 3.63) is 77.6 Å². The SMILES string of the molecule is CCn1c(Cc2ccccc2)nnc1SCC(=O)NCCc1ccccc1. The van der Waals surface area contributed by atoms with Crippen LogP contribution in [0.5, 0.6) is 0 Å². The molecule has 0 fully saturated rings. The molecular weight excluding hydrogens is 356 g/mol. The van der Waals surface area contributed by atoms with Gasteiger partial charge < -0.3 is 9.88 Å². The summed E-state index contributed by atoms with van der Waals surface area (Å²) in [5, 5.41) is 12.4. The minimum Gasteiger partial charge on any atom is -0.355 e. The van der Waals surface area contributed by atoms with E-state index in [9.17, 15) is 4.79 Å². The van der Waals surface area contributed by atoms with Crippen LogP contribution in [0.4, 0.5) is 0 Å². The molecule has 27 heavy (non-hydrogen) atoms. The fourth-order valence-electron chi connectivity index (χ4n) is 2.82. The summed E-state index contributed by atoms with van der Waals surface area (Å²) >= 11 is 1.43. The fourth-order valence-corrected chi connectivity index (χ4v) is 3.68. The van der Waals surface area contributed by atoms with E-state index in [1.54, 1.807) is 0 Å². The lowest BCUT2D eigenvalue weighted by Gasteiger charge is -2.08. The third-order valence-electron chi connectivity index (χ3n) is 4.23. The number of amides is 1. The minimum absolute atomic E-state index is 0.0196. The Morgan fingerprint density at radius 2 is 1.67 bits per heavy atom. The Morgan fingerprint density at radius 3 is 2.33 bits per heavy atom. The van der Waals surface area contributed by atoms with Crippen molar-refractivity contribution in [2.75, 3.05) is 12.3 Å². The smallest absolute Gasteiger partial charge is 0.230 e. The number of hydrogen-bond acceptors (Lipinski definition) is 4. The van der Waals surface area contributed by atoms with Gasteiger partial charge in [0.1, 0.15) is 5.82 Å². The molecule has 5 nitrogen and oxygen atoms in total. The van der Waals surface area contributed by atoms with Crippen LogP contribution in [-0.4, -0.2) is 33.0 Å². The lowest BCUT2D eigenvalue weighted by Crippen LogP contribution is -2.27. The van der Waals surface area contributed by atoms with Crippen molar-refractivity contribution in [1.29, 1.82) is 0 Å². The molecule has 6 heteroatoms. The van der Waals surface area contributed by atoms with Crippen molar-refractivity contribution in [3.8, 4) is 0 Å². The Hall–Kier alpha value is -2.60. The van der Waals surface area contributed by atoms with E-state index in [4.69, 9.17) is 0 Å². The number of thioether (sulfide) groups is 1. The number of rotatable bonds is 9. The van der Waals surface area contributed by atoms with E-state index < -0.39 is 0 Å². The predicted octanol–water partition coefficient (Wildman–Crippen LogP) is 3.34. The number of carbonyl (C=O) groups excluding carboxylic acids is 1. The van der Waals surface area contributed by atoms with E-state index >= 15 is 0 Å². The van der Waals surface area contributed by atoms with Crippen LogP contribution in [0, 0.1) is 0 Å². The Kier molecular flexibility index (Phi) is 7.04. The monoisotopic (exact) mass is 380 g/mol. The molecule has 140 valence electrons. The number of nitrogens with one attached hydrogen (secondary N) is 1. The molecule has 1 N–H and O–H groups in total. The summed E-state index contributed by atoms with van der Waals surface area (Å²) in [6.07, 6.45) is 1.58. The molecule has 2 aromatic carbocycles. The molecule has 1 heterocycles. The Balaban J connectivity index is 1.49. The molecule has 0 aliphatic heterocycles. The van der Waals surface area contributed by atoms with Gasteiger partial charge >= 0.3 is 0 Å². The van der Waals surface area contributed by atoms with E-state index in [-0.39, 0.29) is 5.91 Å². The zero-order valence-electron chi connectivity index (χ0n) is 15.5. The third kappa shape index (κ3) is 5.69. The van der Waals surface area contributed by atoms with Gasteiger partial charge in [-0.3, -0.25) is 4.79 Å². The quantitative estimate of drug-likeness (QED) is 0.579. The lowest BCUT2D eigenvalue weighted by atomic mass is 10.1. The maximum absolute atomic E-state index is 12.1. The molecule has 0 spiro atoms. The van der Waals surface area contributed by atoms with E-state index in [0.717, 1.165) is 30.4 Å². The summed E-state index contributed by atoms with van der Waals surface area (Å²) in [6.45, 7) is 3.50. The first-order valence-corrected chi connectivity index (χ1v) is 10.1. The second-order valence-electron chi connectivity index (χ2n) is 6.18. The number of carbonyl (C=O) groups is 1. The van der Waals surface area contributed by atoms with Crippen molar-refractivity contribution in [2.24, 2.45) is 0 Å². The second kappa shape index (κ2) is 9.92. The summed E-state index contributed by atoms with van der Waals surface area (Å²) in [4.78, 5) is 12.1. The molecule has 0 saturated heterocycles. The van der Waals surface area contributed by atoms with Gasteiger partial charge in [0.25, 0.3) is 0 Å². The van der Waals surface area contributed by atoms with Gasteiger partial charge in [-0.05, 0) is 24.5 Å². The van der Waals surface area contributed by atoms with Crippen LogP contribution in [0.2, 0.25) is 0 Å². The summed E-state index contributed by atoms with van der Waals surface area (Å²) in [5.74, 6) is 1.29. The minimum atomic E-state index is 0.0196. The number of benzene rings is 2. The van der Waals surface area contributed by atoms with E-state index in [1.807, 2.05) is 36.4 Å². The predicted molar refractivity (Wildman–Crippen MR) is 109 cm³/mol. The van der Waals surface area contributed by atoms with E-state index in [0.29, 0.717) is 12.3 Å². The number of nitrogens with zero attached hydrogens (tertiary/aromatic N) is 3. The second-order valence-corrected chi connectivity index (χ2v) is 7.12. The lowest BCUT2D eigenvalue weighted by molar-refractivity contribution is -0.118. The van der Waals surface area contributed by atoms with Crippen LogP contribution in [0.15, 0.2) is 65.8 Å². The summed E-state index contributed by atoms with van der Waals surface area (Å²) in [7, 11) is 0. The molecular formula is C21H24N4OS. The molecule has 0 radical (unpaired) electrons. The van der Waals surface area contributed by atoms with Crippen LogP contribution >= 0.6 is 11.8 Å². The standard InChI is InChI=1S/C21H24N4OS/c1-2-25-19(15-18-11-7-4-8-12-18)23-24-21(25)27-16-20(26)22-14-13-17-9-5-3-6-10-17/h3-12H,2,13-16H2,1H3,(H,22,26). The molecule has 1 amide bonds. The van der Waals surface area contributed by atoms with Gasteiger partial charge in [0, 0.05) is 19.5 Å². The summed E-state index contributed by atoms with van der Waals surface area (Å²) in [6, 6.07) is 20.4. The zero-order valence-corrected chi connectivity index (χ0v) is 16.3. The highest BCUT2D eigenvalue weighted by Crippen LogP contribution is 2.18. The highest BCUT2D eigenvalue weighted by Gasteiger charge is 2.13. The first-order valence-electron chi connectivity index (χ1n) is 9.15. The molecule has 0 saturated carbocycles. The number of aromatic nitrogens is 3. The normalized spacial score (nSPS) is 10.7. The first-order chi connectivity index (χ1) is 13.3. The Bertz CT molecular complexity index is 849. The maximum atomic E-state index is 12.1. The van der Waals surface area contributed by atoms with Crippen molar-refractivity contribution in [2.45, 2.75) is 31.5 Å². The topological polar surface area (TPSA) is 59.8 Å². The molecule has 3 rings (SSSR count). The van der Waals surface area contributed by atoms with Crippen molar-refractivity contribution >= 4 is 17.7 Å². The molecule has 0 atom stereocenters. The third-order valence-corrected chi connectivity index (χ3v) is 5.19. The summed E-state index contributed by atoms with van der Waals surface area (Å²) < 4.78 is 2.08. The van der Waals surface area contributed by atoms with E-state index in [2.05, 4.69) is 51.3 Å². The van der Waals surface area contributed by atoms with Gasteiger partial charge in [0.05, 0.1) is 5.75 Å². The molecule has 1 aromatic heterocycles. The average Bonchev–Trinajstić information content (AvgIpc) is 3.09. The van der Waals surface area contributed by atoms with Gasteiger partial charge in [0.2, 0.25) is 5.91 Å². The van der Waals surface area contributed by atoms with Gasteiger partial charge in [-0.2, -0.15) is 0 Å². The van der Waals surface area contributed by atoms with Crippen LogP contribution in [-0.2, 0) is 24.2 Å². The van der Waals surface area contributed by atoms with Crippen LogP contribution in [0.1, 0.15) is 23.9 Å². The van der Waals surface area contributed by atoms with E-state index in [1.165, 1.54) is 22.9 Å². The van der Waals surface area contributed by atoms with Gasteiger partial charge in [-0.15, -0.1) is 10.2 Å². The van der Waals surface area contributed by atoms with Crippen molar-refractivity contribution in [1.82, 2.24) is 20.1 Å². The Morgan fingerprint density at radius 1 is 1.00 bits per heavy atom. The molecule has 0 aliphatic rings. The zero-order chi connectivity index (χ0) is 18.9. The van der Waals surface area contributed by atoms with Crippen molar-refractivity contribution in [3.63, 3.8) is 0 Å². The van der Waals surface area contributed by atoms with Gasteiger partial charge in [0.15, 0.2) is 5.16 Å². The van der Waals surface area contributed by atoms with Crippen molar-refractivity contribution < 1.29 is 4.79 Å². The average molecular weight is 381 g/mol. The highest BCUT2D eigenvalue weighted by molar-refractivity contribution is 7.99. The largest absolute Gasteiger partial charge is 0.355 e. The maximum Gasteiger partial charge on any atom is 0.230 e. The summed E-state index contributed by atoms with van der Waals surface area (Å²) in [5.41, 5.74) is 2.43. The fraction of sp³-hybridized carbons (Fsp3) is 0.286. The molecule has 0 unspecified atom stereocenters. The van der Waals surface area contributed by atoms with Crippen LogP contribution in [0.25, 0.3) is 0 Å². The van der Waals surface area contributed by atoms with Crippen LogP contribution in [0.3, 0.4) is 0 Å². The number of hydrogen-bond donors (Lipinski definition) is 1. The molecule has 3 aromatic rings. The van der Waals surface area contributed by atoms with Gasteiger partial charge in [-0.25, -0.2) is 0 Å².